The number of piperidine rings is 1. The Hall–Kier alpha value is -2.31. The maximum atomic E-state index is 12.7. The summed E-state index contributed by atoms with van der Waals surface area (Å²) in [6.45, 7) is 3.38. The molecule has 0 aliphatic carbocycles. The predicted octanol–water partition coefficient (Wildman–Crippen LogP) is 2.12. The molecular weight excluding hydrogens is 328 g/mol. The monoisotopic (exact) mass is 354 g/mol. The lowest BCUT2D eigenvalue weighted by Crippen LogP contribution is -2.50. The zero-order chi connectivity index (χ0) is 18.2. The summed E-state index contributed by atoms with van der Waals surface area (Å²) in [5.41, 5.74) is 2.11. The molecular formula is C20H26N4O2. The van der Waals surface area contributed by atoms with Crippen molar-refractivity contribution in [3.8, 4) is 0 Å². The average Bonchev–Trinajstić information content (AvgIpc) is 2.68. The summed E-state index contributed by atoms with van der Waals surface area (Å²) in [6, 6.07) is 10.1. The van der Waals surface area contributed by atoms with Crippen molar-refractivity contribution < 1.29 is 9.53 Å². The first-order valence-electron chi connectivity index (χ1n) is 9.06. The molecule has 138 valence electrons. The molecule has 0 spiro atoms. The van der Waals surface area contributed by atoms with E-state index in [0.29, 0.717) is 6.54 Å². The Morgan fingerprint density at radius 2 is 2.23 bits per heavy atom. The molecule has 3 rings (SSSR count). The van der Waals surface area contributed by atoms with Crippen molar-refractivity contribution in [1.29, 1.82) is 0 Å². The third-order valence-corrected chi connectivity index (χ3v) is 4.70. The Kier molecular flexibility index (Phi) is 6.68. The van der Waals surface area contributed by atoms with Crippen LogP contribution in [-0.4, -0.2) is 58.5 Å². The van der Waals surface area contributed by atoms with Gasteiger partial charge in [-0.2, -0.15) is 0 Å². The highest BCUT2D eigenvalue weighted by Crippen LogP contribution is 2.20. The summed E-state index contributed by atoms with van der Waals surface area (Å²) in [7, 11) is 1.56. The number of hydrogen-bond acceptors (Lipinski definition) is 5. The normalized spacial score (nSPS) is 17.8. The SMILES string of the molecule is COCC(=O)N(Cc1cccnc1)C1CCCN(Cc2ccccn2)C1. The van der Waals surface area contributed by atoms with Crippen molar-refractivity contribution in [2.24, 2.45) is 0 Å². The molecule has 0 radical (unpaired) electrons. The number of hydrogen-bond donors (Lipinski definition) is 0. The number of nitrogens with zero attached hydrogens (tertiary/aromatic N) is 4. The molecule has 1 fully saturated rings. The van der Waals surface area contributed by atoms with Crippen molar-refractivity contribution >= 4 is 5.91 Å². The summed E-state index contributed by atoms with van der Waals surface area (Å²) in [5.74, 6) is 0.0287. The van der Waals surface area contributed by atoms with Crippen LogP contribution in [0.5, 0.6) is 0 Å². The van der Waals surface area contributed by atoms with Crippen LogP contribution in [-0.2, 0) is 22.6 Å². The Morgan fingerprint density at radius 3 is 2.96 bits per heavy atom. The second-order valence-electron chi connectivity index (χ2n) is 6.67. The van der Waals surface area contributed by atoms with Gasteiger partial charge in [-0.3, -0.25) is 19.7 Å². The number of rotatable bonds is 7. The number of methoxy groups -OCH3 is 1. The van der Waals surface area contributed by atoms with Gasteiger partial charge in [0.15, 0.2) is 0 Å². The van der Waals surface area contributed by atoms with Crippen LogP contribution in [0.2, 0.25) is 0 Å². The highest BCUT2D eigenvalue weighted by molar-refractivity contribution is 5.77. The maximum absolute atomic E-state index is 12.7. The van der Waals surface area contributed by atoms with E-state index in [1.54, 1.807) is 13.3 Å². The van der Waals surface area contributed by atoms with Gasteiger partial charge in [0, 0.05) is 51.4 Å². The molecule has 2 aromatic rings. The van der Waals surface area contributed by atoms with Crippen molar-refractivity contribution in [2.45, 2.75) is 32.0 Å². The summed E-state index contributed by atoms with van der Waals surface area (Å²) >= 11 is 0. The van der Waals surface area contributed by atoms with E-state index in [9.17, 15) is 4.79 Å². The molecule has 3 heterocycles. The van der Waals surface area contributed by atoms with Crippen molar-refractivity contribution in [3.05, 3.63) is 60.2 Å². The number of pyridine rings is 2. The summed E-state index contributed by atoms with van der Waals surface area (Å²) < 4.78 is 5.11. The topological polar surface area (TPSA) is 58.6 Å². The number of ether oxygens (including phenoxy) is 1. The highest BCUT2D eigenvalue weighted by Gasteiger charge is 2.28. The average molecular weight is 354 g/mol. The molecule has 0 aromatic carbocycles. The minimum absolute atomic E-state index is 0.0287. The highest BCUT2D eigenvalue weighted by atomic mass is 16.5. The molecule has 26 heavy (non-hydrogen) atoms. The number of aromatic nitrogens is 2. The van der Waals surface area contributed by atoms with Crippen LogP contribution < -0.4 is 0 Å². The molecule has 1 unspecified atom stereocenters. The summed E-state index contributed by atoms with van der Waals surface area (Å²) in [4.78, 5) is 25.6. The summed E-state index contributed by atoms with van der Waals surface area (Å²) in [5, 5.41) is 0. The number of carbonyl (C=O) groups is 1. The van der Waals surface area contributed by atoms with Gasteiger partial charge in [-0.1, -0.05) is 12.1 Å². The Morgan fingerprint density at radius 1 is 1.31 bits per heavy atom. The lowest BCUT2D eigenvalue weighted by Gasteiger charge is -2.39. The quantitative estimate of drug-likeness (QED) is 0.762. The zero-order valence-corrected chi connectivity index (χ0v) is 15.3. The molecule has 6 nitrogen and oxygen atoms in total. The third-order valence-electron chi connectivity index (χ3n) is 4.70. The fourth-order valence-electron chi connectivity index (χ4n) is 3.47. The van der Waals surface area contributed by atoms with Gasteiger partial charge in [0.1, 0.15) is 6.61 Å². The third kappa shape index (κ3) is 5.09. The largest absolute Gasteiger partial charge is 0.375 e. The van der Waals surface area contributed by atoms with E-state index in [4.69, 9.17) is 4.74 Å². The number of likely N-dealkylation sites (tertiary alicyclic amines) is 1. The van der Waals surface area contributed by atoms with E-state index in [0.717, 1.165) is 43.7 Å². The lowest BCUT2D eigenvalue weighted by molar-refractivity contribution is -0.139. The first-order chi connectivity index (χ1) is 12.8. The fourth-order valence-corrected chi connectivity index (χ4v) is 3.47. The second kappa shape index (κ2) is 9.40. The van der Waals surface area contributed by atoms with E-state index < -0.39 is 0 Å². The molecule has 0 bridgehead atoms. The first kappa shape index (κ1) is 18.5. The Labute approximate surface area is 154 Å². The van der Waals surface area contributed by atoms with Crippen LogP contribution in [0.15, 0.2) is 48.9 Å². The standard InChI is InChI=1S/C20H26N4O2/c1-26-16-20(25)24(13-17-6-4-9-21-12-17)19-8-5-11-23(15-19)14-18-7-2-3-10-22-18/h2-4,6-7,9-10,12,19H,5,8,11,13-16H2,1H3. The van der Waals surface area contributed by atoms with E-state index in [-0.39, 0.29) is 18.6 Å². The van der Waals surface area contributed by atoms with E-state index in [2.05, 4.69) is 14.9 Å². The molecule has 0 saturated carbocycles. The van der Waals surface area contributed by atoms with Crippen LogP contribution in [0, 0.1) is 0 Å². The van der Waals surface area contributed by atoms with Crippen LogP contribution in [0.25, 0.3) is 0 Å². The Balaban J connectivity index is 1.69. The van der Waals surface area contributed by atoms with Gasteiger partial charge < -0.3 is 9.64 Å². The van der Waals surface area contributed by atoms with Gasteiger partial charge in [0.25, 0.3) is 0 Å². The second-order valence-corrected chi connectivity index (χ2v) is 6.67. The molecule has 1 saturated heterocycles. The predicted molar refractivity (Wildman–Crippen MR) is 99.2 cm³/mol. The van der Waals surface area contributed by atoms with Gasteiger partial charge in [-0.15, -0.1) is 0 Å². The first-order valence-corrected chi connectivity index (χ1v) is 9.06. The molecule has 2 aromatic heterocycles. The van der Waals surface area contributed by atoms with Gasteiger partial charge in [0.2, 0.25) is 5.91 Å². The Bertz CT molecular complexity index is 681. The summed E-state index contributed by atoms with van der Waals surface area (Å²) in [6.07, 6.45) is 7.48. The molecule has 1 aliphatic rings. The van der Waals surface area contributed by atoms with Crippen molar-refractivity contribution in [1.82, 2.24) is 19.8 Å². The minimum Gasteiger partial charge on any atom is -0.375 e. The van der Waals surface area contributed by atoms with Gasteiger partial charge in [-0.05, 0) is 43.1 Å². The molecule has 0 N–H and O–H groups in total. The van der Waals surface area contributed by atoms with Gasteiger partial charge in [0.05, 0.1) is 5.69 Å². The van der Waals surface area contributed by atoms with Crippen molar-refractivity contribution in [2.75, 3.05) is 26.8 Å². The van der Waals surface area contributed by atoms with E-state index >= 15 is 0 Å². The molecule has 6 heteroatoms. The number of amides is 1. The molecule has 1 atom stereocenters. The van der Waals surface area contributed by atoms with Gasteiger partial charge >= 0.3 is 0 Å². The van der Waals surface area contributed by atoms with E-state index in [1.807, 2.05) is 47.6 Å². The van der Waals surface area contributed by atoms with Crippen molar-refractivity contribution in [3.63, 3.8) is 0 Å². The maximum Gasteiger partial charge on any atom is 0.249 e. The van der Waals surface area contributed by atoms with Crippen LogP contribution in [0.4, 0.5) is 0 Å². The molecule has 1 amide bonds. The van der Waals surface area contributed by atoms with Crippen LogP contribution in [0.1, 0.15) is 24.1 Å². The zero-order valence-electron chi connectivity index (χ0n) is 15.3. The number of carbonyl (C=O) groups excluding carboxylic acids is 1. The van der Waals surface area contributed by atoms with E-state index in [1.165, 1.54) is 0 Å². The smallest absolute Gasteiger partial charge is 0.249 e. The van der Waals surface area contributed by atoms with Crippen LogP contribution in [0.3, 0.4) is 0 Å². The fraction of sp³-hybridized carbons (Fsp3) is 0.450. The molecule has 1 aliphatic heterocycles. The van der Waals surface area contributed by atoms with Crippen LogP contribution >= 0.6 is 0 Å². The van der Waals surface area contributed by atoms with Gasteiger partial charge in [-0.25, -0.2) is 0 Å². The minimum atomic E-state index is 0.0287. The lowest BCUT2D eigenvalue weighted by atomic mass is 10.0.